The maximum absolute atomic E-state index is 6.21. The van der Waals surface area contributed by atoms with E-state index in [1.807, 2.05) is 6.92 Å². The Hall–Kier alpha value is -1.07. The van der Waals surface area contributed by atoms with Crippen LogP contribution in [0.3, 0.4) is 0 Å². The van der Waals surface area contributed by atoms with Gasteiger partial charge in [0.25, 0.3) is 0 Å². The Bertz CT molecular complexity index is 718. The highest BCUT2D eigenvalue weighted by Gasteiger charge is 2.53. The molecule has 2 fully saturated rings. The lowest BCUT2D eigenvalue weighted by Crippen LogP contribution is -2.41. The van der Waals surface area contributed by atoms with Crippen molar-refractivity contribution in [3.8, 4) is 0 Å². The first-order valence-corrected chi connectivity index (χ1v) is 10.2. The molecular formula is C22H34B2O4. The second kappa shape index (κ2) is 7.02. The highest BCUT2D eigenvalue weighted by Crippen LogP contribution is 2.39. The Morgan fingerprint density at radius 1 is 0.750 bits per heavy atom. The predicted molar refractivity (Wildman–Crippen MR) is 116 cm³/mol. The molecule has 0 radical (unpaired) electrons. The number of rotatable bonds is 4. The first kappa shape index (κ1) is 21.6. The largest absolute Gasteiger partial charge is 0.494 e. The molecule has 2 heterocycles. The van der Waals surface area contributed by atoms with Gasteiger partial charge in [-0.1, -0.05) is 30.3 Å². The van der Waals surface area contributed by atoms with Crippen molar-refractivity contribution in [2.24, 2.45) is 0 Å². The Balaban J connectivity index is 1.69. The van der Waals surface area contributed by atoms with E-state index in [0.717, 1.165) is 17.4 Å². The summed E-state index contributed by atoms with van der Waals surface area (Å²) in [5, 5.41) is 0. The summed E-state index contributed by atoms with van der Waals surface area (Å²) >= 11 is 0. The van der Waals surface area contributed by atoms with E-state index in [9.17, 15) is 0 Å². The summed E-state index contributed by atoms with van der Waals surface area (Å²) in [7, 11) is -0.638. The van der Waals surface area contributed by atoms with Crippen LogP contribution in [-0.2, 0) is 25.0 Å². The van der Waals surface area contributed by atoms with Crippen molar-refractivity contribution in [2.75, 3.05) is 0 Å². The van der Waals surface area contributed by atoms with E-state index in [0.29, 0.717) is 0 Å². The first-order chi connectivity index (χ1) is 12.8. The molecule has 28 heavy (non-hydrogen) atoms. The molecule has 6 heteroatoms. The normalized spacial score (nSPS) is 25.4. The molecule has 3 rings (SSSR count). The van der Waals surface area contributed by atoms with Gasteiger partial charge in [-0.2, -0.15) is 0 Å². The third-order valence-electron chi connectivity index (χ3n) is 6.84. The lowest BCUT2D eigenvalue weighted by Gasteiger charge is -2.32. The predicted octanol–water partition coefficient (Wildman–Crippen LogP) is 4.11. The van der Waals surface area contributed by atoms with E-state index in [-0.39, 0.29) is 36.6 Å². The smallest absolute Gasteiger partial charge is 0.400 e. The van der Waals surface area contributed by atoms with Crippen molar-refractivity contribution in [1.82, 2.24) is 0 Å². The molecule has 1 aromatic carbocycles. The van der Waals surface area contributed by atoms with E-state index in [1.54, 1.807) is 0 Å². The molecular weight excluding hydrogens is 350 g/mol. The van der Waals surface area contributed by atoms with Crippen molar-refractivity contribution in [3.05, 3.63) is 41.4 Å². The van der Waals surface area contributed by atoms with Gasteiger partial charge in [-0.25, -0.2) is 0 Å². The average molecular weight is 384 g/mol. The quantitative estimate of drug-likeness (QED) is 0.733. The standard InChI is InChI=1S/C22H34B2O4/c1-10-17(23-25-19(2,3)20(4,5)26-23)15-16-11-13-18(14-12-16)24-27-21(6,7)22(8,9)28-24/h10-14H,15H2,1-9H3/b17-10+. The Kier molecular flexibility index (Phi) is 5.42. The van der Waals surface area contributed by atoms with E-state index >= 15 is 0 Å². The number of hydrogen-bond donors (Lipinski definition) is 0. The summed E-state index contributed by atoms with van der Waals surface area (Å²) in [5.74, 6) is 0. The molecule has 0 aliphatic carbocycles. The minimum Gasteiger partial charge on any atom is -0.400 e. The fourth-order valence-corrected chi connectivity index (χ4v) is 3.32. The van der Waals surface area contributed by atoms with Gasteiger partial charge in [-0.15, -0.1) is 0 Å². The first-order valence-electron chi connectivity index (χ1n) is 10.2. The molecule has 0 atom stereocenters. The van der Waals surface area contributed by atoms with Gasteiger partial charge in [0.05, 0.1) is 22.4 Å². The van der Waals surface area contributed by atoms with Crippen LogP contribution >= 0.6 is 0 Å². The van der Waals surface area contributed by atoms with Crippen molar-refractivity contribution in [1.29, 1.82) is 0 Å². The van der Waals surface area contributed by atoms with Crippen LogP contribution in [0.5, 0.6) is 0 Å². The van der Waals surface area contributed by atoms with Crippen LogP contribution in [0.15, 0.2) is 35.8 Å². The molecule has 2 aliphatic rings. The zero-order valence-electron chi connectivity index (χ0n) is 18.9. The minimum atomic E-state index is -0.330. The third kappa shape index (κ3) is 3.85. The van der Waals surface area contributed by atoms with Crippen LogP contribution in [0, 0.1) is 0 Å². The fraction of sp³-hybridized carbons (Fsp3) is 0.636. The average Bonchev–Trinajstić information content (AvgIpc) is 2.92. The van der Waals surface area contributed by atoms with Crippen molar-refractivity contribution < 1.29 is 18.6 Å². The van der Waals surface area contributed by atoms with Gasteiger partial charge < -0.3 is 18.6 Å². The van der Waals surface area contributed by atoms with Gasteiger partial charge in [-0.3, -0.25) is 0 Å². The van der Waals surface area contributed by atoms with Gasteiger partial charge in [0.15, 0.2) is 0 Å². The monoisotopic (exact) mass is 384 g/mol. The second-order valence-electron chi connectivity index (χ2n) is 9.96. The number of allylic oxidation sites excluding steroid dienone is 2. The molecule has 0 bridgehead atoms. The molecule has 152 valence electrons. The second-order valence-corrected chi connectivity index (χ2v) is 9.96. The van der Waals surface area contributed by atoms with Crippen LogP contribution in [0.25, 0.3) is 0 Å². The lowest BCUT2D eigenvalue weighted by atomic mass is 9.73. The number of hydrogen-bond acceptors (Lipinski definition) is 4. The summed E-state index contributed by atoms with van der Waals surface area (Å²) in [6.45, 7) is 18.7. The van der Waals surface area contributed by atoms with Gasteiger partial charge in [0, 0.05) is 0 Å². The summed E-state index contributed by atoms with van der Waals surface area (Å²) in [6, 6.07) is 8.45. The van der Waals surface area contributed by atoms with Crippen LogP contribution in [0.2, 0.25) is 0 Å². The molecule has 0 aromatic heterocycles. The lowest BCUT2D eigenvalue weighted by molar-refractivity contribution is 0.00578. The zero-order valence-corrected chi connectivity index (χ0v) is 18.9. The molecule has 2 aliphatic heterocycles. The van der Waals surface area contributed by atoms with Crippen molar-refractivity contribution >= 4 is 19.7 Å². The molecule has 0 saturated carbocycles. The third-order valence-corrected chi connectivity index (χ3v) is 6.84. The molecule has 0 spiro atoms. The number of benzene rings is 1. The molecule has 0 N–H and O–H groups in total. The summed E-state index contributed by atoms with van der Waals surface area (Å²) < 4.78 is 24.7. The van der Waals surface area contributed by atoms with Gasteiger partial charge in [-0.05, 0) is 85.2 Å². The molecule has 4 nitrogen and oxygen atoms in total. The molecule has 1 aromatic rings. The van der Waals surface area contributed by atoms with E-state index in [4.69, 9.17) is 18.6 Å². The van der Waals surface area contributed by atoms with E-state index < -0.39 is 0 Å². The SMILES string of the molecule is C/C=C(\Cc1ccc(B2OC(C)(C)C(C)(C)O2)cc1)B1OC(C)(C)C(C)(C)O1. The molecule has 0 unspecified atom stereocenters. The van der Waals surface area contributed by atoms with Crippen LogP contribution < -0.4 is 5.46 Å². The Morgan fingerprint density at radius 2 is 1.18 bits per heavy atom. The maximum atomic E-state index is 6.21. The summed E-state index contributed by atoms with van der Waals surface area (Å²) in [4.78, 5) is 0. The Morgan fingerprint density at radius 3 is 1.61 bits per heavy atom. The van der Waals surface area contributed by atoms with E-state index in [1.165, 1.54) is 5.56 Å². The zero-order chi connectivity index (χ0) is 21.0. The van der Waals surface area contributed by atoms with Crippen LogP contribution in [0.4, 0.5) is 0 Å². The topological polar surface area (TPSA) is 36.9 Å². The summed E-state index contributed by atoms with van der Waals surface area (Å²) in [5.41, 5.74) is 2.08. The van der Waals surface area contributed by atoms with Crippen LogP contribution in [-0.4, -0.2) is 36.6 Å². The molecule has 0 amide bonds. The highest BCUT2D eigenvalue weighted by atomic mass is 16.7. The van der Waals surface area contributed by atoms with Gasteiger partial charge >= 0.3 is 14.2 Å². The maximum Gasteiger partial charge on any atom is 0.494 e. The van der Waals surface area contributed by atoms with Gasteiger partial charge in [0.1, 0.15) is 0 Å². The van der Waals surface area contributed by atoms with Crippen molar-refractivity contribution in [3.63, 3.8) is 0 Å². The minimum absolute atomic E-state index is 0.308. The van der Waals surface area contributed by atoms with Crippen LogP contribution in [0.1, 0.15) is 67.9 Å². The van der Waals surface area contributed by atoms with E-state index in [2.05, 4.69) is 85.7 Å². The summed E-state index contributed by atoms with van der Waals surface area (Å²) in [6.07, 6.45) is 2.89. The Labute approximate surface area is 171 Å². The highest BCUT2D eigenvalue weighted by molar-refractivity contribution is 6.62. The van der Waals surface area contributed by atoms with Gasteiger partial charge in [0.2, 0.25) is 0 Å². The molecule has 2 saturated heterocycles. The van der Waals surface area contributed by atoms with Crippen molar-refractivity contribution in [2.45, 2.75) is 91.1 Å². The fourth-order valence-electron chi connectivity index (χ4n) is 3.32.